The maximum absolute atomic E-state index is 14.1. The molecule has 3 aromatic carbocycles. The number of aryl methyl sites for hydroxylation is 2. The van der Waals surface area contributed by atoms with Crippen LogP contribution in [-0.2, 0) is 23.1 Å². The van der Waals surface area contributed by atoms with Crippen molar-refractivity contribution in [3.8, 4) is 0 Å². The van der Waals surface area contributed by atoms with Crippen LogP contribution in [0.3, 0.4) is 0 Å². The Bertz CT molecular complexity index is 1510. The molecule has 9 heteroatoms. The summed E-state index contributed by atoms with van der Waals surface area (Å²) >= 11 is 0. The summed E-state index contributed by atoms with van der Waals surface area (Å²) in [7, 11) is 1.61. The number of aliphatic hydroxyl groups excluding tert-OH is 1. The highest BCUT2D eigenvalue weighted by Crippen LogP contribution is 2.45. The van der Waals surface area contributed by atoms with Gasteiger partial charge in [0, 0.05) is 42.9 Å². The van der Waals surface area contributed by atoms with Gasteiger partial charge in [-0.3, -0.25) is 9.59 Å². The number of nitrogens with zero attached hydrogens (tertiary/aromatic N) is 1. The quantitative estimate of drug-likeness (QED) is 0.249. The smallest absolute Gasteiger partial charge is 0.254 e. The molecule has 7 nitrogen and oxygen atoms in total. The first-order valence-electron chi connectivity index (χ1n) is 15.8. The zero-order valence-corrected chi connectivity index (χ0v) is 26.2. The zero-order valence-electron chi connectivity index (χ0n) is 26.2. The third kappa shape index (κ3) is 7.95. The van der Waals surface area contributed by atoms with Crippen molar-refractivity contribution in [2.24, 2.45) is 0 Å². The standard InChI is InChI=1S/C36H43F2N3O4/c1-4-24-7-5-8-28(15-24)36(10-11-36)39-21-33(42)32(18-25-16-29(37)20-30(38)17-25)40-34(43)26-13-23(2)14-27(19-26)35(44)41-12-6-9-31(41)22-45-3/h5,7-8,13-17,19-20,31-33,39,42H,4,6,9-12,18,21-22H2,1-3H3,(H,40,43)/t31-,32+,33-/m1/s1. The van der Waals surface area contributed by atoms with Gasteiger partial charge >= 0.3 is 0 Å². The molecule has 0 spiro atoms. The minimum Gasteiger partial charge on any atom is -0.390 e. The van der Waals surface area contributed by atoms with Crippen molar-refractivity contribution in [3.63, 3.8) is 0 Å². The lowest BCUT2D eigenvalue weighted by Gasteiger charge is -2.28. The monoisotopic (exact) mass is 619 g/mol. The molecule has 0 aromatic heterocycles. The van der Waals surface area contributed by atoms with Gasteiger partial charge < -0.3 is 25.4 Å². The summed E-state index contributed by atoms with van der Waals surface area (Å²) in [5.74, 6) is -2.11. The maximum atomic E-state index is 14.1. The van der Waals surface area contributed by atoms with Gasteiger partial charge in [0.25, 0.3) is 11.8 Å². The highest BCUT2D eigenvalue weighted by atomic mass is 19.1. The molecule has 2 amide bonds. The molecule has 0 bridgehead atoms. The Balaban J connectivity index is 1.35. The topological polar surface area (TPSA) is 90.9 Å². The minimum atomic E-state index is -1.07. The third-order valence-corrected chi connectivity index (χ3v) is 9.03. The molecular formula is C36H43F2N3O4. The first-order chi connectivity index (χ1) is 21.6. The van der Waals surface area contributed by atoms with Gasteiger partial charge in [-0.2, -0.15) is 0 Å². The number of halogens is 2. The van der Waals surface area contributed by atoms with Crippen molar-refractivity contribution in [2.45, 2.75) is 76.1 Å². The first-order valence-corrected chi connectivity index (χ1v) is 15.8. The Morgan fingerprint density at radius 2 is 1.78 bits per heavy atom. The molecule has 1 aliphatic carbocycles. The Morgan fingerprint density at radius 3 is 2.47 bits per heavy atom. The Labute approximate surface area is 264 Å². The number of carbonyl (C=O) groups excluding carboxylic acids is 2. The fraction of sp³-hybridized carbons (Fsp3) is 0.444. The largest absolute Gasteiger partial charge is 0.390 e. The number of nitrogens with one attached hydrogen (secondary N) is 2. The van der Waals surface area contributed by atoms with Crippen LogP contribution in [0.1, 0.15) is 75.6 Å². The lowest BCUT2D eigenvalue weighted by Crippen LogP contribution is -2.50. The molecule has 1 aliphatic heterocycles. The van der Waals surface area contributed by atoms with Crippen molar-refractivity contribution in [1.82, 2.24) is 15.5 Å². The molecule has 1 heterocycles. The normalized spacial score (nSPS) is 18.4. The van der Waals surface area contributed by atoms with Gasteiger partial charge in [-0.15, -0.1) is 0 Å². The minimum absolute atomic E-state index is 0.00562. The Morgan fingerprint density at radius 1 is 1.04 bits per heavy atom. The molecule has 5 rings (SSSR count). The van der Waals surface area contributed by atoms with Crippen molar-refractivity contribution in [2.75, 3.05) is 26.8 Å². The lowest BCUT2D eigenvalue weighted by molar-refractivity contribution is 0.0630. The van der Waals surface area contributed by atoms with E-state index in [2.05, 4.69) is 35.8 Å². The number of aliphatic hydroxyl groups is 1. The average molecular weight is 620 g/mol. The van der Waals surface area contributed by atoms with Gasteiger partial charge in [0.05, 0.1) is 24.8 Å². The lowest BCUT2D eigenvalue weighted by atomic mass is 9.97. The average Bonchev–Trinajstić information content (AvgIpc) is 3.68. The number of likely N-dealkylation sites (tertiary alicyclic amines) is 1. The second kappa shape index (κ2) is 14.2. The highest BCUT2D eigenvalue weighted by molar-refractivity contribution is 6.00. The third-order valence-electron chi connectivity index (χ3n) is 9.03. The molecule has 0 radical (unpaired) electrons. The van der Waals surface area contributed by atoms with E-state index in [4.69, 9.17) is 4.74 Å². The van der Waals surface area contributed by atoms with E-state index in [1.54, 1.807) is 30.2 Å². The number of rotatable bonds is 13. The van der Waals surface area contributed by atoms with Gasteiger partial charge in [0.15, 0.2) is 0 Å². The number of benzene rings is 3. The molecular weight excluding hydrogens is 576 g/mol. The van der Waals surface area contributed by atoms with Crippen LogP contribution in [0.4, 0.5) is 8.78 Å². The molecule has 0 unspecified atom stereocenters. The van der Waals surface area contributed by atoms with Crippen LogP contribution in [0.2, 0.25) is 0 Å². The van der Waals surface area contributed by atoms with E-state index in [1.165, 1.54) is 17.7 Å². The number of hydrogen-bond donors (Lipinski definition) is 3. The van der Waals surface area contributed by atoms with E-state index in [-0.39, 0.29) is 36.0 Å². The predicted octanol–water partition coefficient (Wildman–Crippen LogP) is 5.07. The van der Waals surface area contributed by atoms with Crippen LogP contribution < -0.4 is 10.6 Å². The van der Waals surface area contributed by atoms with Crippen molar-refractivity contribution in [3.05, 3.63) is 106 Å². The van der Waals surface area contributed by atoms with Crippen LogP contribution in [0.15, 0.2) is 60.7 Å². The second-order valence-electron chi connectivity index (χ2n) is 12.5. The van der Waals surface area contributed by atoms with Gasteiger partial charge in [-0.1, -0.05) is 31.2 Å². The van der Waals surface area contributed by atoms with Crippen LogP contribution in [0.25, 0.3) is 0 Å². The molecule has 3 N–H and O–H groups in total. The fourth-order valence-electron chi connectivity index (χ4n) is 6.41. The Hall–Kier alpha value is -3.66. The number of hydrogen-bond acceptors (Lipinski definition) is 5. The summed E-state index contributed by atoms with van der Waals surface area (Å²) < 4.78 is 33.5. The fourth-order valence-corrected chi connectivity index (χ4v) is 6.41. The van der Waals surface area contributed by atoms with E-state index in [1.807, 2.05) is 13.0 Å². The molecule has 1 saturated carbocycles. The summed E-state index contributed by atoms with van der Waals surface area (Å²) in [6, 6.07) is 15.7. The predicted molar refractivity (Wildman–Crippen MR) is 169 cm³/mol. The van der Waals surface area contributed by atoms with Gasteiger partial charge in [0.1, 0.15) is 11.6 Å². The van der Waals surface area contributed by atoms with Crippen LogP contribution in [-0.4, -0.2) is 66.8 Å². The number of amides is 2. The molecule has 2 aliphatic rings. The van der Waals surface area contributed by atoms with E-state index in [9.17, 15) is 23.5 Å². The number of methoxy groups -OCH3 is 1. The summed E-state index contributed by atoms with van der Waals surface area (Å²) in [6.45, 7) is 5.16. The summed E-state index contributed by atoms with van der Waals surface area (Å²) in [6.07, 6.45) is 3.44. The first kappa shape index (κ1) is 32.7. The number of ether oxygens (including phenoxy) is 1. The molecule has 45 heavy (non-hydrogen) atoms. The van der Waals surface area contributed by atoms with E-state index >= 15 is 0 Å². The van der Waals surface area contributed by atoms with Crippen LogP contribution >= 0.6 is 0 Å². The van der Waals surface area contributed by atoms with Crippen molar-refractivity contribution >= 4 is 11.8 Å². The maximum Gasteiger partial charge on any atom is 0.254 e. The van der Waals surface area contributed by atoms with E-state index in [0.29, 0.717) is 24.3 Å². The molecule has 2 fully saturated rings. The van der Waals surface area contributed by atoms with Crippen molar-refractivity contribution in [1.29, 1.82) is 0 Å². The molecule has 3 aromatic rings. The number of carbonyl (C=O) groups is 2. The molecule has 1 saturated heterocycles. The molecule has 3 atom stereocenters. The second-order valence-corrected chi connectivity index (χ2v) is 12.5. The summed E-state index contributed by atoms with van der Waals surface area (Å²) in [5.41, 5.74) is 3.86. The van der Waals surface area contributed by atoms with Crippen LogP contribution in [0, 0.1) is 18.6 Å². The van der Waals surface area contributed by atoms with Crippen LogP contribution in [0.5, 0.6) is 0 Å². The Kier molecular flexibility index (Phi) is 10.3. The van der Waals surface area contributed by atoms with Gasteiger partial charge in [-0.05, 0) is 98.0 Å². The SMILES string of the molecule is CCc1cccc(C2(NC[C@@H](O)[C@H](Cc3cc(F)cc(F)c3)NC(=O)c3cc(C)cc(C(=O)N4CCC[C@@H]4COC)c3)CC2)c1. The van der Waals surface area contributed by atoms with Crippen molar-refractivity contribution < 1.29 is 28.2 Å². The summed E-state index contributed by atoms with van der Waals surface area (Å²) in [4.78, 5) is 28.9. The summed E-state index contributed by atoms with van der Waals surface area (Å²) in [5, 5.41) is 17.8. The van der Waals surface area contributed by atoms with E-state index < -0.39 is 29.7 Å². The highest BCUT2D eigenvalue weighted by Gasteiger charge is 2.44. The van der Waals surface area contributed by atoms with Gasteiger partial charge in [0.2, 0.25) is 0 Å². The van der Waals surface area contributed by atoms with E-state index in [0.717, 1.165) is 49.3 Å². The van der Waals surface area contributed by atoms with Gasteiger partial charge in [-0.25, -0.2) is 8.78 Å². The zero-order chi connectivity index (χ0) is 32.1. The molecule has 240 valence electrons.